The van der Waals surface area contributed by atoms with Crippen molar-refractivity contribution in [1.29, 1.82) is 0 Å². The maximum absolute atomic E-state index is 12.2. The predicted molar refractivity (Wildman–Crippen MR) is 88.1 cm³/mol. The molecule has 1 amide bonds. The summed E-state index contributed by atoms with van der Waals surface area (Å²) in [5.74, 6) is 0.0124. The fourth-order valence-electron chi connectivity index (χ4n) is 2.25. The smallest absolute Gasteiger partial charge is 0.251 e. The average molecular weight is 334 g/mol. The van der Waals surface area contributed by atoms with Crippen molar-refractivity contribution in [3.05, 3.63) is 46.4 Å². The van der Waals surface area contributed by atoms with Crippen molar-refractivity contribution in [1.82, 2.24) is 5.32 Å². The fraction of sp³-hybridized carbons (Fsp3) is 0.353. The van der Waals surface area contributed by atoms with E-state index in [1.807, 2.05) is 30.3 Å². The minimum absolute atomic E-state index is 0.0124. The second-order valence-corrected chi connectivity index (χ2v) is 6.14. The lowest BCUT2D eigenvalue weighted by atomic mass is 10.1. The van der Waals surface area contributed by atoms with Gasteiger partial charge >= 0.3 is 0 Å². The Kier molecular flexibility index (Phi) is 5.18. The zero-order chi connectivity index (χ0) is 14.5. The number of amides is 1. The first-order valence-electron chi connectivity index (χ1n) is 7.10. The van der Waals surface area contributed by atoms with Crippen molar-refractivity contribution in [2.24, 2.45) is 0 Å². The Morgan fingerprint density at radius 2 is 1.90 bits per heavy atom. The molecule has 1 N–H and O–H groups in total. The lowest BCUT2D eigenvalue weighted by Crippen LogP contribution is -2.32. The van der Waals surface area contributed by atoms with Crippen LogP contribution in [0.3, 0.4) is 0 Å². The molecule has 2 aromatic carbocycles. The minimum atomic E-state index is 0.0124. The fourth-order valence-corrected chi connectivity index (χ4v) is 2.63. The van der Waals surface area contributed by atoms with Crippen LogP contribution >= 0.6 is 15.9 Å². The molecule has 20 heavy (non-hydrogen) atoms. The van der Waals surface area contributed by atoms with E-state index in [4.69, 9.17) is 0 Å². The van der Waals surface area contributed by atoms with E-state index in [9.17, 15) is 4.79 Å². The van der Waals surface area contributed by atoms with E-state index in [-0.39, 0.29) is 11.9 Å². The first-order valence-corrected chi connectivity index (χ1v) is 7.89. The topological polar surface area (TPSA) is 29.1 Å². The molecule has 0 bridgehead atoms. The van der Waals surface area contributed by atoms with Crippen molar-refractivity contribution >= 4 is 32.6 Å². The van der Waals surface area contributed by atoms with Crippen LogP contribution < -0.4 is 5.32 Å². The van der Waals surface area contributed by atoms with Crippen LogP contribution in [0.1, 0.15) is 43.5 Å². The summed E-state index contributed by atoms with van der Waals surface area (Å²) in [6.07, 6.45) is 3.33. The van der Waals surface area contributed by atoms with Gasteiger partial charge in [-0.1, -0.05) is 47.8 Å². The summed E-state index contributed by atoms with van der Waals surface area (Å²) in [5.41, 5.74) is 0.725. The van der Waals surface area contributed by atoms with Gasteiger partial charge in [0.1, 0.15) is 0 Å². The quantitative estimate of drug-likeness (QED) is 0.827. The molecule has 0 saturated heterocycles. The second-order valence-electron chi connectivity index (χ2n) is 5.22. The van der Waals surface area contributed by atoms with Crippen LogP contribution in [0, 0.1) is 0 Å². The predicted octanol–water partition coefficient (Wildman–Crippen LogP) is 4.91. The van der Waals surface area contributed by atoms with Crippen LogP contribution in [0.2, 0.25) is 0 Å². The first-order chi connectivity index (χ1) is 9.60. The van der Waals surface area contributed by atoms with Crippen molar-refractivity contribution in [2.45, 2.75) is 39.2 Å². The van der Waals surface area contributed by atoms with E-state index >= 15 is 0 Å². The molecule has 2 aromatic rings. The van der Waals surface area contributed by atoms with E-state index in [0.29, 0.717) is 0 Å². The summed E-state index contributed by atoms with van der Waals surface area (Å²) in [4.78, 5) is 12.2. The highest BCUT2D eigenvalue weighted by Gasteiger charge is 2.10. The van der Waals surface area contributed by atoms with Gasteiger partial charge in [0.25, 0.3) is 5.91 Å². The van der Waals surface area contributed by atoms with Crippen molar-refractivity contribution in [2.75, 3.05) is 0 Å². The van der Waals surface area contributed by atoms with E-state index in [0.717, 1.165) is 40.1 Å². The molecule has 3 heteroatoms. The van der Waals surface area contributed by atoms with Crippen molar-refractivity contribution in [3.63, 3.8) is 0 Å². The number of halogens is 1. The molecule has 0 saturated carbocycles. The van der Waals surface area contributed by atoms with Gasteiger partial charge in [-0.3, -0.25) is 4.79 Å². The van der Waals surface area contributed by atoms with Crippen LogP contribution in [-0.2, 0) is 0 Å². The standard InChI is InChI=1S/C17H20BrNO/c1-3-4-5-12(2)19-17(20)15-7-6-14-11-16(18)9-8-13(14)10-15/h6-12H,3-5H2,1-2H3,(H,19,20). The normalized spacial score (nSPS) is 12.3. The third kappa shape index (κ3) is 3.83. The van der Waals surface area contributed by atoms with Gasteiger partial charge in [-0.2, -0.15) is 0 Å². The number of unbranched alkanes of at least 4 members (excludes halogenated alkanes) is 1. The molecule has 0 radical (unpaired) electrons. The summed E-state index contributed by atoms with van der Waals surface area (Å²) < 4.78 is 1.05. The van der Waals surface area contributed by atoms with Crippen molar-refractivity contribution < 1.29 is 4.79 Å². The van der Waals surface area contributed by atoms with Crippen LogP contribution in [0.15, 0.2) is 40.9 Å². The SMILES string of the molecule is CCCCC(C)NC(=O)c1ccc2cc(Br)ccc2c1. The molecule has 0 aromatic heterocycles. The number of carbonyl (C=O) groups is 1. The zero-order valence-corrected chi connectivity index (χ0v) is 13.5. The maximum atomic E-state index is 12.2. The largest absolute Gasteiger partial charge is 0.350 e. The number of carbonyl (C=O) groups excluding carboxylic acids is 1. The van der Waals surface area contributed by atoms with E-state index < -0.39 is 0 Å². The number of hydrogen-bond acceptors (Lipinski definition) is 1. The van der Waals surface area contributed by atoms with Crippen molar-refractivity contribution in [3.8, 4) is 0 Å². The highest BCUT2D eigenvalue weighted by atomic mass is 79.9. The number of hydrogen-bond donors (Lipinski definition) is 1. The van der Waals surface area contributed by atoms with Gasteiger partial charge in [0.2, 0.25) is 0 Å². The van der Waals surface area contributed by atoms with Gasteiger partial charge in [0.05, 0.1) is 0 Å². The number of benzene rings is 2. The third-order valence-electron chi connectivity index (χ3n) is 3.43. The molecule has 0 aliphatic rings. The Hall–Kier alpha value is -1.35. The highest BCUT2D eigenvalue weighted by Crippen LogP contribution is 2.21. The minimum Gasteiger partial charge on any atom is -0.350 e. The summed E-state index contributed by atoms with van der Waals surface area (Å²) in [6, 6.07) is 12.1. The summed E-state index contributed by atoms with van der Waals surface area (Å²) in [6.45, 7) is 4.22. The Balaban J connectivity index is 2.12. The maximum Gasteiger partial charge on any atom is 0.251 e. The molecule has 106 valence electrons. The zero-order valence-electron chi connectivity index (χ0n) is 11.9. The molecule has 0 spiro atoms. The number of rotatable bonds is 5. The lowest BCUT2D eigenvalue weighted by Gasteiger charge is -2.13. The van der Waals surface area contributed by atoms with Crippen LogP contribution in [-0.4, -0.2) is 11.9 Å². The summed E-state index contributed by atoms with van der Waals surface area (Å²) in [5, 5.41) is 5.28. The third-order valence-corrected chi connectivity index (χ3v) is 3.93. The molecular weight excluding hydrogens is 314 g/mol. The van der Waals surface area contributed by atoms with Gasteiger partial charge < -0.3 is 5.32 Å². The summed E-state index contributed by atoms with van der Waals surface area (Å²) in [7, 11) is 0. The molecule has 2 rings (SSSR count). The molecule has 1 atom stereocenters. The second kappa shape index (κ2) is 6.89. The number of fused-ring (bicyclic) bond motifs is 1. The van der Waals surface area contributed by atoms with Gasteiger partial charge in [0, 0.05) is 16.1 Å². The van der Waals surface area contributed by atoms with E-state index in [2.05, 4.69) is 41.2 Å². The monoisotopic (exact) mass is 333 g/mol. The Morgan fingerprint density at radius 3 is 2.65 bits per heavy atom. The molecule has 1 unspecified atom stereocenters. The Bertz CT molecular complexity index is 609. The van der Waals surface area contributed by atoms with E-state index in [1.165, 1.54) is 0 Å². The average Bonchev–Trinajstić information content (AvgIpc) is 2.44. The Morgan fingerprint density at radius 1 is 1.20 bits per heavy atom. The molecule has 0 aliphatic carbocycles. The lowest BCUT2D eigenvalue weighted by molar-refractivity contribution is 0.0938. The molecular formula is C17H20BrNO. The Labute approximate surface area is 128 Å². The van der Waals surface area contributed by atoms with Crippen LogP contribution in [0.25, 0.3) is 10.8 Å². The number of nitrogens with one attached hydrogen (secondary N) is 1. The van der Waals surface area contributed by atoms with Gasteiger partial charge in [-0.15, -0.1) is 0 Å². The molecule has 2 nitrogen and oxygen atoms in total. The van der Waals surface area contributed by atoms with Crippen LogP contribution in [0.5, 0.6) is 0 Å². The first kappa shape index (κ1) is 15.0. The van der Waals surface area contributed by atoms with Gasteiger partial charge in [-0.05, 0) is 48.4 Å². The molecule has 0 heterocycles. The molecule has 0 aliphatic heterocycles. The van der Waals surface area contributed by atoms with Gasteiger partial charge in [-0.25, -0.2) is 0 Å². The highest BCUT2D eigenvalue weighted by molar-refractivity contribution is 9.10. The molecule has 0 fully saturated rings. The van der Waals surface area contributed by atoms with Crippen LogP contribution in [0.4, 0.5) is 0 Å². The van der Waals surface area contributed by atoms with E-state index in [1.54, 1.807) is 0 Å². The van der Waals surface area contributed by atoms with Gasteiger partial charge in [0.15, 0.2) is 0 Å². The summed E-state index contributed by atoms with van der Waals surface area (Å²) >= 11 is 3.46.